The predicted molar refractivity (Wildman–Crippen MR) is 54.3 cm³/mol. The monoisotopic (exact) mass is 222 g/mol. The first kappa shape index (κ1) is 11.8. The Kier molecular flexibility index (Phi) is 4.14. The molecule has 0 amide bonds. The highest BCUT2D eigenvalue weighted by Crippen LogP contribution is 2.07. The number of hydrogen-bond donors (Lipinski definition) is 1. The SMILES string of the molecule is CCOC(=O)C(=O)/C=C(/O)c1ccnnc1. The number of carbonyl (C=O) groups excluding carboxylic acids is 2. The molecule has 0 saturated heterocycles. The normalized spacial score (nSPS) is 10.9. The van der Waals surface area contributed by atoms with Crippen LogP contribution in [0.3, 0.4) is 0 Å². The lowest BCUT2D eigenvalue weighted by molar-refractivity contribution is -0.151. The predicted octanol–water partition coefficient (Wildman–Crippen LogP) is 0.508. The van der Waals surface area contributed by atoms with Gasteiger partial charge in [0.2, 0.25) is 0 Å². The van der Waals surface area contributed by atoms with Crippen LogP contribution in [0, 0.1) is 0 Å². The number of rotatable bonds is 4. The summed E-state index contributed by atoms with van der Waals surface area (Å²) in [4.78, 5) is 22.1. The molecule has 84 valence electrons. The molecule has 0 fully saturated rings. The summed E-state index contributed by atoms with van der Waals surface area (Å²) >= 11 is 0. The van der Waals surface area contributed by atoms with E-state index in [1.165, 1.54) is 18.5 Å². The lowest BCUT2D eigenvalue weighted by atomic mass is 10.2. The number of nitrogens with zero attached hydrogens (tertiary/aromatic N) is 2. The van der Waals surface area contributed by atoms with Crippen molar-refractivity contribution in [1.82, 2.24) is 10.2 Å². The van der Waals surface area contributed by atoms with Crippen LogP contribution in [0.5, 0.6) is 0 Å². The summed E-state index contributed by atoms with van der Waals surface area (Å²) in [6, 6.07) is 1.46. The molecule has 1 rings (SSSR count). The number of hydrogen-bond acceptors (Lipinski definition) is 6. The maximum absolute atomic E-state index is 11.2. The fraction of sp³-hybridized carbons (Fsp3) is 0.200. The number of aliphatic hydroxyl groups excluding tert-OH is 1. The molecule has 1 aromatic heterocycles. The third-order valence-electron chi connectivity index (χ3n) is 1.62. The van der Waals surface area contributed by atoms with Crippen LogP contribution < -0.4 is 0 Å². The Bertz CT molecular complexity index is 414. The van der Waals surface area contributed by atoms with Crippen molar-refractivity contribution >= 4 is 17.5 Å². The highest BCUT2D eigenvalue weighted by molar-refractivity contribution is 6.39. The first-order valence-corrected chi connectivity index (χ1v) is 4.54. The quantitative estimate of drug-likeness (QED) is 0.345. The zero-order chi connectivity index (χ0) is 12.0. The zero-order valence-electron chi connectivity index (χ0n) is 8.58. The van der Waals surface area contributed by atoms with E-state index in [0.29, 0.717) is 5.56 Å². The molecule has 0 aromatic carbocycles. The fourth-order valence-corrected chi connectivity index (χ4v) is 0.911. The second-order valence-corrected chi connectivity index (χ2v) is 2.75. The van der Waals surface area contributed by atoms with Gasteiger partial charge in [-0.3, -0.25) is 4.79 Å². The summed E-state index contributed by atoms with van der Waals surface area (Å²) in [5, 5.41) is 16.5. The molecule has 0 bridgehead atoms. The van der Waals surface area contributed by atoms with Crippen LogP contribution in [0.1, 0.15) is 12.5 Å². The van der Waals surface area contributed by atoms with Crippen LogP contribution in [-0.4, -0.2) is 33.7 Å². The van der Waals surface area contributed by atoms with E-state index in [4.69, 9.17) is 0 Å². The number of esters is 1. The molecule has 1 heterocycles. The molecular weight excluding hydrogens is 212 g/mol. The van der Waals surface area contributed by atoms with Gasteiger partial charge in [0.05, 0.1) is 19.0 Å². The van der Waals surface area contributed by atoms with Crippen molar-refractivity contribution in [3.05, 3.63) is 30.1 Å². The highest BCUT2D eigenvalue weighted by atomic mass is 16.5. The Balaban J connectivity index is 2.78. The molecule has 0 unspecified atom stereocenters. The summed E-state index contributed by atoms with van der Waals surface area (Å²) in [7, 11) is 0. The molecule has 6 nitrogen and oxygen atoms in total. The van der Waals surface area contributed by atoms with Crippen LogP contribution in [0.4, 0.5) is 0 Å². The Morgan fingerprint density at radius 3 is 2.81 bits per heavy atom. The molecule has 16 heavy (non-hydrogen) atoms. The number of aliphatic hydroxyl groups is 1. The fourth-order valence-electron chi connectivity index (χ4n) is 0.911. The molecule has 0 atom stereocenters. The van der Waals surface area contributed by atoms with Crippen LogP contribution in [0.2, 0.25) is 0 Å². The van der Waals surface area contributed by atoms with E-state index in [2.05, 4.69) is 14.9 Å². The molecule has 0 radical (unpaired) electrons. The summed E-state index contributed by atoms with van der Waals surface area (Å²) in [5.41, 5.74) is 0.299. The second-order valence-electron chi connectivity index (χ2n) is 2.75. The lowest BCUT2D eigenvalue weighted by Crippen LogP contribution is -2.15. The van der Waals surface area contributed by atoms with Crippen LogP contribution in [0.25, 0.3) is 5.76 Å². The largest absolute Gasteiger partial charge is 0.507 e. The van der Waals surface area contributed by atoms with Crippen LogP contribution in [0.15, 0.2) is 24.5 Å². The van der Waals surface area contributed by atoms with E-state index in [-0.39, 0.29) is 12.4 Å². The van der Waals surface area contributed by atoms with Gasteiger partial charge in [0.1, 0.15) is 5.76 Å². The van der Waals surface area contributed by atoms with E-state index in [1.807, 2.05) is 0 Å². The summed E-state index contributed by atoms with van der Waals surface area (Å²) < 4.78 is 4.47. The van der Waals surface area contributed by atoms with Crippen molar-refractivity contribution in [3.63, 3.8) is 0 Å². The first-order valence-electron chi connectivity index (χ1n) is 4.54. The minimum Gasteiger partial charge on any atom is -0.507 e. The Labute approximate surface area is 91.6 Å². The molecule has 0 saturated carbocycles. The second kappa shape index (κ2) is 5.59. The van der Waals surface area contributed by atoms with Crippen molar-refractivity contribution in [1.29, 1.82) is 0 Å². The number of aromatic nitrogens is 2. The average Bonchev–Trinajstić information content (AvgIpc) is 2.30. The van der Waals surface area contributed by atoms with Gasteiger partial charge in [0.15, 0.2) is 0 Å². The molecule has 6 heteroatoms. The zero-order valence-corrected chi connectivity index (χ0v) is 8.58. The van der Waals surface area contributed by atoms with Gasteiger partial charge in [-0.15, -0.1) is 0 Å². The van der Waals surface area contributed by atoms with Gasteiger partial charge < -0.3 is 9.84 Å². The Morgan fingerprint density at radius 1 is 1.50 bits per heavy atom. The van der Waals surface area contributed by atoms with Gasteiger partial charge in [-0.25, -0.2) is 4.79 Å². The van der Waals surface area contributed by atoms with Gasteiger partial charge in [0, 0.05) is 11.6 Å². The summed E-state index contributed by atoms with van der Waals surface area (Å²) in [6.07, 6.45) is 3.41. The number of ether oxygens (including phenoxy) is 1. The molecule has 0 aliphatic carbocycles. The highest BCUT2D eigenvalue weighted by Gasteiger charge is 2.13. The number of carbonyl (C=O) groups is 2. The van der Waals surface area contributed by atoms with Crippen molar-refractivity contribution in [2.45, 2.75) is 6.92 Å². The topological polar surface area (TPSA) is 89.4 Å². The molecule has 1 aromatic rings. The molecule has 0 aliphatic heterocycles. The molecule has 0 spiro atoms. The van der Waals surface area contributed by atoms with Crippen molar-refractivity contribution in [3.8, 4) is 0 Å². The molecule has 0 aliphatic rings. The third-order valence-corrected chi connectivity index (χ3v) is 1.62. The minimum absolute atomic E-state index is 0.107. The van der Waals surface area contributed by atoms with Gasteiger partial charge in [-0.2, -0.15) is 10.2 Å². The van der Waals surface area contributed by atoms with Gasteiger partial charge in [0.25, 0.3) is 5.78 Å². The Hall–Kier alpha value is -2.24. The van der Waals surface area contributed by atoms with Crippen LogP contribution in [-0.2, 0) is 14.3 Å². The van der Waals surface area contributed by atoms with E-state index in [1.54, 1.807) is 6.92 Å². The van der Waals surface area contributed by atoms with Gasteiger partial charge >= 0.3 is 5.97 Å². The van der Waals surface area contributed by atoms with Crippen molar-refractivity contribution in [2.75, 3.05) is 6.61 Å². The van der Waals surface area contributed by atoms with Crippen molar-refractivity contribution < 1.29 is 19.4 Å². The first-order chi connectivity index (χ1) is 7.65. The van der Waals surface area contributed by atoms with E-state index >= 15 is 0 Å². The smallest absolute Gasteiger partial charge is 0.379 e. The maximum atomic E-state index is 11.2. The summed E-state index contributed by atoms with van der Waals surface area (Å²) in [5.74, 6) is -2.28. The van der Waals surface area contributed by atoms with Gasteiger partial charge in [-0.05, 0) is 13.0 Å². The van der Waals surface area contributed by atoms with Crippen molar-refractivity contribution in [2.24, 2.45) is 0 Å². The lowest BCUT2D eigenvalue weighted by Gasteiger charge is -1.99. The average molecular weight is 222 g/mol. The third kappa shape index (κ3) is 3.16. The Morgan fingerprint density at radius 2 is 2.25 bits per heavy atom. The van der Waals surface area contributed by atoms with E-state index in [9.17, 15) is 14.7 Å². The molecule has 1 N–H and O–H groups in total. The van der Waals surface area contributed by atoms with Gasteiger partial charge in [-0.1, -0.05) is 0 Å². The van der Waals surface area contributed by atoms with Crippen LogP contribution >= 0.6 is 0 Å². The number of ketones is 1. The summed E-state index contributed by atoms with van der Waals surface area (Å²) in [6.45, 7) is 1.69. The minimum atomic E-state index is -1.00. The van der Waals surface area contributed by atoms with E-state index < -0.39 is 11.8 Å². The maximum Gasteiger partial charge on any atom is 0.379 e. The standard InChI is InChI=1S/C10H10N2O4/c1-2-16-10(15)9(14)5-8(13)7-3-4-11-12-6-7/h3-6,13H,2H2,1H3/b8-5+. The van der Waals surface area contributed by atoms with E-state index in [0.717, 1.165) is 6.08 Å². The molecular formula is C10H10N2O4.